The van der Waals surface area contributed by atoms with Crippen LogP contribution in [0.15, 0.2) is 17.0 Å². The molecular weight excluding hydrogens is 260 g/mol. The maximum absolute atomic E-state index is 9.71. The standard InChI is InChI=1S/C11H15BrOS/c1-11(2,3)8-4-7(6-12)10(13)9(14)5-8/h4-5,13-14H,6H2,1-3H3/p+1. The lowest BCUT2D eigenvalue weighted by atomic mass is 9.86. The number of rotatable bonds is 1. The van der Waals surface area contributed by atoms with Gasteiger partial charge in [-0.3, -0.25) is 0 Å². The summed E-state index contributed by atoms with van der Waals surface area (Å²) < 4.78 is 0. The smallest absolute Gasteiger partial charge is 0.192 e. The van der Waals surface area contributed by atoms with E-state index in [1.807, 2.05) is 12.1 Å². The fourth-order valence-electron chi connectivity index (χ4n) is 1.23. The van der Waals surface area contributed by atoms with E-state index in [-0.39, 0.29) is 5.41 Å². The molecule has 0 heterocycles. The molecule has 0 aliphatic rings. The summed E-state index contributed by atoms with van der Waals surface area (Å²) in [7, 11) is 0. The second-order valence-corrected chi connectivity index (χ2v) is 5.51. The molecule has 0 radical (unpaired) electrons. The van der Waals surface area contributed by atoms with E-state index in [1.165, 1.54) is 5.56 Å². The van der Waals surface area contributed by atoms with Crippen molar-refractivity contribution >= 4 is 28.6 Å². The predicted octanol–water partition coefficient (Wildman–Crippen LogP) is 2.96. The zero-order chi connectivity index (χ0) is 10.9. The lowest BCUT2D eigenvalue weighted by Gasteiger charge is -2.19. The van der Waals surface area contributed by atoms with Gasteiger partial charge in [-0.25, -0.2) is 0 Å². The molecule has 0 aliphatic heterocycles. The number of phenols is 1. The number of halogens is 1. The van der Waals surface area contributed by atoms with Gasteiger partial charge in [0.05, 0.1) is 0 Å². The quantitative estimate of drug-likeness (QED) is 0.617. The molecule has 78 valence electrons. The molecular formula is C11H16BrOS+. The van der Waals surface area contributed by atoms with Crippen LogP contribution in [0.25, 0.3) is 0 Å². The number of phenolic OH excluding ortho intramolecular Hbond substituents is 1. The van der Waals surface area contributed by atoms with E-state index in [2.05, 4.69) is 49.3 Å². The van der Waals surface area contributed by atoms with Gasteiger partial charge in [0.25, 0.3) is 0 Å². The summed E-state index contributed by atoms with van der Waals surface area (Å²) >= 11 is 6.77. The molecule has 1 aromatic carbocycles. The van der Waals surface area contributed by atoms with E-state index in [4.69, 9.17) is 0 Å². The third kappa shape index (κ3) is 2.45. The predicted molar refractivity (Wildman–Crippen MR) is 67.9 cm³/mol. The van der Waals surface area contributed by atoms with Crippen LogP contribution in [0.3, 0.4) is 0 Å². The monoisotopic (exact) mass is 275 g/mol. The van der Waals surface area contributed by atoms with Crippen molar-refractivity contribution in [1.82, 2.24) is 0 Å². The van der Waals surface area contributed by atoms with Crippen molar-refractivity contribution in [1.29, 1.82) is 0 Å². The SMILES string of the molecule is CC(C)(C)c1cc([SH2+])c(O)c(CBr)c1. The summed E-state index contributed by atoms with van der Waals surface area (Å²) in [6.07, 6.45) is 0. The van der Waals surface area contributed by atoms with Crippen molar-refractivity contribution in [2.45, 2.75) is 36.4 Å². The molecule has 0 atom stereocenters. The molecule has 1 aromatic rings. The van der Waals surface area contributed by atoms with Crippen molar-refractivity contribution in [2.24, 2.45) is 0 Å². The number of alkyl halides is 1. The van der Waals surface area contributed by atoms with Crippen molar-refractivity contribution in [2.75, 3.05) is 0 Å². The maximum atomic E-state index is 9.71. The Bertz CT molecular complexity index is 342. The van der Waals surface area contributed by atoms with Crippen LogP contribution < -0.4 is 0 Å². The van der Waals surface area contributed by atoms with E-state index in [0.29, 0.717) is 11.1 Å². The largest absolute Gasteiger partial charge is 0.503 e. The topological polar surface area (TPSA) is 20.2 Å². The van der Waals surface area contributed by atoms with Crippen molar-refractivity contribution in [3.63, 3.8) is 0 Å². The molecule has 0 aromatic heterocycles. The van der Waals surface area contributed by atoms with Crippen molar-refractivity contribution in [3.8, 4) is 5.75 Å². The van der Waals surface area contributed by atoms with Crippen LogP contribution in [-0.4, -0.2) is 5.11 Å². The van der Waals surface area contributed by atoms with Crippen LogP contribution in [0.4, 0.5) is 0 Å². The Morgan fingerprint density at radius 2 is 1.93 bits per heavy atom. The van der Waals surface area contributed by atoms with Gasteiger partial charge in [0.1, 0.15) is 0 Å². The lowest BCUT2D eigenvalue weighted by molar-refractivity contribution is 0.456. The highest BCUT2D eigenvalue weighted by atomic mass is 79.9. The zero-order valence-corrected chi connectivity index (χ0v) is 11.3. The minimum atomic E-state index is 0.103. The third-order valence-corrected chi connectivity index (χ3v) is 3.18. The average Bonchev–Trinajstić information content (AvgIpc) is 2.07. The van der Waals surface area contributed by atoms with E-state index in [9.17, 15) is 5.11 Å². The molecule has 0 saturated heterocycles. The first kappa shape index (κ1) is 11.9. The Balaban J connectivity index is 3.30. The first-order valence-corrected chi connectivity index (χ1v) is 6.12. The Morgan fingerprint density at radius 1 is 1.36 bits per heavy atom. The molecule has 1 N–H and O–H groups in total. The third-order valence-electron chi connectivity index (χ3n) is 2.20. The highest BCUT2D eigenvalue weighted by Gasteiger charge is 2.19. The summed E-state index contributed by atoms with van der Waals surface area (Å²) in [5.74, 6) is 0.326. The second kappa shape index (κ2) is 4.15. The average molecular weight is 276 g/mol. The molecule has 0 aliphatic carbocycles. The minimum absolute atomic E-state index is 0.103. The fourth-order valence-corrected chi connectivity index (χ4v) is 1.97. The molecule has 0 unspecified atom stereocenters. The zero-order valence-electron chi connectivity index (χ0n) is 8.69. The van der Waals surface area contributed by atoms with Crippen LogP contribution >= 0.6 is 15.9 Å². The first-order chi connectivity index (χ1) is 6.36. The Hall–Kier alpha value is -0.150. The first-order valence-electron chi connectivity index (χ1n) is 4.50. The van der Waals surface area contributed by atoms with E-state index in [1.54, 1.807) is 0 Å². The van der Waals surface area contributed by atoms with Gasteiger partial charge in [-0.15, -0.1) is 0 Å². The molecule has 0 saturated carbocycles. The molecule has 0 bridgehead atoms. The van der Waals surface area contributed by atoms with Crippen LogP contribution in [0.2, 0.25) is 0 Å². The van der Waals surface area contributed by atoms with Crippen LogP contribution in [0, 0.1) is 0 Å². The molecule has 0 spiro atoms. The Labute approximate surface area is 99.1 Å². The summed E-state index contributed by atoms with van der Waals surface area (Å²) in [5.41, 5.74) is 2.24. The minimum Gasteiger partial charge on any atom is -0.503 e. The molecule has 14 heavy (non-hydrogen) atoms. The molecule has 0 amide bonds. The lowest BCUT2D eigenvalue weighted by Crippen LogP contribution is -2.11. The van der Waals surface area contributed by atoms with Crippen LogP contribution in [0.5, 0.6) is 5.75 Å². The normalized spacial score (nSPS) is 11.8. The van der Waals surface area contributed by atoms with Gasteiger partial charge in [-0.2, -0.15) is 0 Å². The van der Waals surface area contributed by atoms with E-state index < -0.39 is 0 Å². The number of hydrogen-bond donors (Lipinski definition) is 1. The summed E-state index contributed by atoms with van der Waals surface area (Å²) in [6.45, 7) is 6.47. The summed E-state index contributed by atoms with van der Waals surface area (Å²) in [5, 5.41) is 10.4. The summed E-state index contributed by atoms with van der Waals surface area (Å²) in [6, 6.07) is 4.01. The van der Waals surface area contributed by atoms with Gasteiger partial charge in [0.2, 0.25) is 0 Å². The molecule has 0 fully saturated rings. The number of benzene rings is 1. The van der Waals surface area contributed by atoms with Crippen molar-refractivity contribution in [3.05, 3.63) is 23.3 Å². The Morgan fingerprint density at radius 3 is 2.36 bits per heavy atom. The second-order valence-electron chi connectivity index (χ2n) is 4.42. The van der Waals surface area contributed by atoms with Gasteiger partial charge in [-0.05, 0) is 23.6 Å². The van der Waals surface area contributed by atoms with Gasteiger partial charge in [-0.1, -0.05) is 42.8 Å². The molecule has 1 rings (SSSR count). The number of aromatic hydroxyl groups is 1. The fraction of sp³-hybridized carbons (Fsp3) is 0.455. The maximum Gasteiger partial charge on any atom is 0.192 e. The van der Waals surface area contributed by atoms with Crippen molar-refractivity contribution < 1.29 is 5.11 Å². The van der Waals surface area contributed by atoms with Gasteiger partial charge in [0, 0.05) is 17.0 Å². The molecule has 3 heteroatoms. The number of hydrogen-bond acceptors (Lipinski definition) is 1. The highest BCUT2D eigenvalue weighted by Crippen LogP contribution is 2.31. The van der Waals surface area contributed by atoms with E-state index >= 15 is 0 Å². The summed E-state index contributed by atoms with van der Waals surface area (Å²) in [4.78, 5) is 0.756. The Kier molecular flexibility index (Phi) is 3.53. The van der Waals surface area contributed by atoms with Gasteiger partial charge in [0.15, 0.2) is 10.6 Å². The van der Waals surface area contributed by atoms with Gasteiger partial charge < -0.3 is 5.11 Å². The van der Waals surface area contributed by atoms with Crippen LogP contribution in [-0.2, 0) is 23.4 Å². The van der Waals surface area contributed by atoms with Gasteiger partial charge >= 0.3 is 0 Å². The molecule has 1 nitrogen and oxygen atoms in total. The van der Waals surface area contributed by atoms with Crippen LogP contribution in [0.1, 0.15) is 31.9 Å². The van der Waals surface area contributed by atoms with E-state index in [0.717, 1.165) is 10.5 Å². The highest BCUT2D eigenvalue weighted by molar-refractivity contribution is 9.08.